The fourth-order valence-electron chi connectivity index (χ4n) is 3.96. The van der Waals surface area contributed by atoms with Crippen molar-refractivity contribution in [1.82, 2.24) is 0 Å². The van der Waals surface area contributed by atoms with E-state index in [1.807, 2.05) is 0 Å². The van der Waals surface area contributed by atoms with Gasteiger partial charge in [0.25, 0.3) is 0 Å². The Labute approximate surface area is 127 Å². The molecule has 1 aliphatic rings. The highest BCUT2D eigenvalue weighted by molar-refractivity contribution is 6.77. The van der Waals surface area contributed by atoms with Crippen LogP contribution in [0.2, 0.25) is 16.6 Å². The molecule has 3 unspecified atom stereocenters. The highest BCUT2D eigenvalue weighted by Crippen LogP contribution is 2.45. The minimum atomic E-state index is -1.77. The van der Waals surface area contributed by atoms with Gasteiger partial charge in [-0.1, -0.05) is 61.3 Å². The van der Waals surface area contributed by atoms with Crippen LogP contribution in [0.4, 0.5) is 0 Å². The average molecular weight is 301 g/mol. The molecule has 0 aromatic heterocycles. The summed E-state index contributed by atoms with van der Waals surface area (Å²) in [4.78, 5) is 0. The Balaban J connectivity index is 2.89. The number of unbranched alkanes of at least 4 members (excludes halogenated alkanes) is 1. The van der Waals surface area contributed by atoms with Crippen LogP contribution in [0.25, 0.3) is 0 Å². The Hall–Kier alpha value is 0.137. The summed E-state index contributed by atoms with van der Waals surface area (Å²) in [6.07, 6.45) is 4.71. The van der Waals surface area contributed by atoms with Gasteiger partial charge in [0.1, 0.15) is 6.10 Å². The molecule has 1 fully saturated rings. The van der Waals surface area contributed by atoms with E-state index < -0.39 is 8.32 Å². The van der Waals surface area contributed by atoms with Gasteiger partial charge in [0.05, 0.1) is 12.2 Å². The Morgan fingerprint density at radius 2 is 1.45 bits per heavy atom. The van der Waals surface area contributed by atoms with E-state index in [4.69, 9.17) is 9.16 Å². The molecular formula is C17H36O2Si. The molecule has 0 saturated carbocycles. The molecule has 2 nitrogen and oxygen atoms in total. The van der Waals surface area contributed by atoms with Crippen LogP contribution in [0, 0.1) is 0 Å². The molecule has 0 aromatic carbocycles. The molecule has 0 bridgehead atoms. The molecule has 0 aliphatic carbocycles. The standard InChI is InChI=1S/C17H36O2Si/c1-9-10-11-16(17-15(8)18-17)19-20(12(2)3,13(4)5)14(6)7/h12-17H,9-11H2,1-8H3. The molecule has 0 spiro atoms. The van der Waals surface area contributed by atoms with Gasteiger partial charge in [-0.2, -0.15) is 0 Å². The van der Waals surface area contributed by atoms with E-state index in [9.17, 15) is 0 Å². The van der Waals surface area contributed by atoms with Gasteiger partial charge < -0.3 is 9.16 Å². The van der Waals surface area contributed by atoms with Crippen LogP contribution in [0.1, 0.15) is 74.7 Å². The van der Waals surface area contributed by atoms with Crippen LogP contribution in [-0.4, -0.2) is 26.6 Å². The maximum absolute atomic E-state index is 6.93. The van der Waals surface area contributed by atoms with Crippen molar-refractivity contribution in [3.8, 4) is 0 Å². The predicted octanol–water partition coefficient (Wildman–Crippen LogP) is 5.52. The highest BCUT2D eigenvalue weighted by atomic mass is 28.4. The van der Waals surface area contributed by atoms with Gasteiger partial charge in [0, 0.05) is 0 Å². The lowest BCUT2D eigenvalue weighted by atomic mass is 10.1. The van der Waals surface area contributed by atoms with Gasteiger partial charge >= 0.3 is 0 Å². The van der Waals surface area contributed by atoms with Gasteiger partial charge in [-0.25, -0.2) is 0 Å². The fourth-order valence-corrected chi connectivity index (χ4v) is 9.55. The fraction of sp³-hybridized carbons (Fsp3) is 1.00. The first-order valence-electron chi connectivity index (χ1n) is 8.60. The predicted molar refractivity (Wildman–Crippen MR) is 89.8 cm³/mol. The van der Waals surface area contributed by atoms with Gasteiger partial charge in [0.2, 0.25) is 8.32 Å². The molecule has 1 aliphatic heterocycles. The third-order valence-corrected chi connectivity index (χ3v) is 11.2. The lowest BCUT2D eigenvalue weighted by Crippen LogP contribution is -2.51. The van der Waals surface area contributed by atoms with E-state index in [2.05, 4.69) is 55.4 Å². The number of ether oxygens (including phenoxy) is 1. The maximum atomic E-state index is 6.93. The molecule has 0 aromatic rings. The average Bonchev–Trinajstić information content (AvgIpc) is 3.05. The van der Waals surface area contributed by atoms with E-state index in [-0.39, 0.29) is 0 Å². The normalized spacial score (nSPS) is 24.8. The number of rotatable bonds is 9. The summed E-state index contributed by atoms with van der Waals surface area (Å²) < 4.78 is 12.7. The van der Waals surface area contributed by atoms with Crippen LogP contribution in [0.15, 0.2) is 0 Å². The largest absolute Gasteiger partial charge is 0.410 e. The Morgan fingerprint density at radius 3 is 1.75 bits per heavy atom. The van der Waals surface area contributed by atoms with Crippen LogP contribution in [0.3, 0.4) is 0 Å². The number of epoxide rings is 1. The first kappa shape index (κ1) is 18.2. The second-order valence-corrected chi connectivity index (χ2v) is 12.8. The maximum Gasteiger partial charge on any atom is 0.200 e. The summed E-state index contributed by atoms with van der Waals surface area (Å²) in [5.74, 6) is 0. The van der Waals surface area contributed by atoms with Crippen molar-refractivity contribution in [3.05, 3.63) is 0 Å². The van der Waals surface area contributed by atoms with E-state index in [0.29, 0.717) is 34.9 Å². The van der Waals surface area contributed by atoms with Crippen LogP contribution < -0.4 is 0 Å². The molecule has 20 heavy (non-hydrogen) atoms. The van der Waals surface area contributed by atoms with Crippen molar-refractivity contribution in [1.29, 1.82) is 0 Å². The lowest BCUT2D eigenvalue weighted by Gasteiger charge is -2.44. The topological polar surface area (TPSA) is 21.8 Å². The second-order valence-electron chi connectivity index (χ2n) is 7.42. The van der Waals surface area contributed by atoms with Gasteiger partial charge in [-0.15, -0.1) is 0 Å². The van der Waals surface area contributed by atoms with Crippen molar-refractivity contribution < 1.29 is 9.16 Å². The molecule has 0 amide bonds. The smallest absolute Gasteiger partial charge is 0.200 e. The van der Waals surface area contributed by atoms with Crippen LogP contribution >= 0.6 is 0 Å². The molecule has 120 valence electrons. The molecule has 3 heteroatoms. The summed E-state index contributed by atoms with van der Waals surface area (Å²) >= 11 is 0. The zero-order chi connectivity index (χ0) is 15.5. The van der Waals surface area contributed by atoms with E-state index in [1.54, 1.807) is 0 Å². The number of hydrogen-bond donors (Lipinski definition) is 0. The molecule has 3 atom stereocenters. The summed E-state index contributed by atoms with van der Waals surface area (Å²) in [5, 5.41) is 0. The Morgan fingerprint density at radius 1 is 1.00 bits per heavy atom. The van der Waals surface area contributed by atoms with Crippen molar-refractivity contribution >= 4 is 8.32 Å². The number of hydrogen-bond acceptors (Lipinski definition) is 2. The van der Waals surface area contributed by atoms with Crippen molar-refractivity contribution in [2.75, 3.05) is 0 Å². The zero-order valence-electron chi connectivity index (χ0n) is 14.9. The monoisotopic (exact) mass is 300 g/mol. The van der Waals surface area contributed by atoms with Crippen LogP contribution in [0.5, 0.6) is 0 Å². The van der Waals surface area contributed by atoms with Gasteiger partial charge in [-0.05, 0) is 30.0 Å². The summed E-state index contributed by atoms with van der Waals surface area (Å²) in [6.45, 7) is 18.6. The molecule has 1 rings (SSSR count). The molecule has 1 saturated heterocycles. The summed E-state index contributed by atoms with van der Waals surface area (Å²) in [6, 6.07) is 0. The minimum absolute atomic E-state index is 0.323. The Bertz CT molecular complexity index is 267. The van der Waals surface area contributed by atoms with Crippen molar-refractivity contribution in [3.63, 3.8) is 0 Å². The SMILES string of the molecule is CCCCC(O[Si](C(C)C)(C(C)C)C(C)C)C1OC1C. The first-order chi connectivity index (χ1) is 9.27. The quantitative estimate of drug-likeness (QED) is 0.413. The lowest BCUT2D eigenvalue weighted by molar-refractivity contribution is 0.126. The van der Waals surface area contributed by atoms with E-state index in [0.717, 1.165) is 6.42 Å². The van der Waals surface area contributed by atoms with Crippen molar-refractivity contribution in [2.24, 2.45) is 0 Å². The second kappa shape index (κ2) is 7.41. The molecule has 1 heterocycles. The zero-order valence-corrected chi connectivity index (χ0v) is 15.9. The van der Waals surface area contributed by atoms with Crippen LogP contribution in [-0.2, 0) is 9.16 Å². The summed E-state index contributed by atoms with van der Waals surface area (Å²) in [7, 11) is -1.77. The van der Waals surface area contributed by atoms with Gasteiger partial charge in [0.15, 0.2) is 0 Å². The molecular weight excluding hydrogens is 264 g/mol. The van der Waals surface area contributed by atoms with Crippen molar-refractivity contribution in [2.45, 2.75) is 110 Å². The van der Waals surface area contributed by atoms with E-state index >= 15 is 0 Å². The third kappa shape index (κ3) is 3.86. The van der Waals surface area contributed by atoms with E-state index in [1.165, 1.54) is 12.8 Å². The molecule has 0 N–H and O–H groups in total. The van der Waals surface area contributed by atoms with Gasteiger partial charge in [-0.3, -0.25) is 0 Å². The molecule has 0 radical (unpaired) electrons. The minimum Gasteiger partial charge on any atom is -0.410 e. The Kier molecular flexibility index (Phi) is 6.74. The first-order valence-corrected chi connectivity index (χ1v) is 10.7. The third-order valence-electron chi connectivity index (χ3n) is 5.03. The highest BCUT2D eigenvalue weighted by Gasteiger charge is 2.51. The summed E-state index contributed by atoms with van der Waals surface area (Å²) in [5.41, 5.74) is 1.96.